The Bertz CT molecular complexity index is 569. The van der Waals surface area contributed by atoms with E-state index in [0.717, 1.165) is 10.4 Å². The van der Waals surface area contributed by atoms with Crippen LogP contribution in [0.15, 0.2) is 35.7 Å². The largest absolute Gasteiger partial charge is 0.349 e. The monoisotopic (exact) mass is 313 g/mol. The van der Waals surface area contributed by atoms with Gasteiger partial charge in [0, 0.05) is 4.88 Å². The van der Waals surface area contributed by atoms with Gasteiger partial charge in [0.25, 0.3) is 0 Å². The Hall–Kier alpha value is -1.03. The highest BCUT2D eigenvalue weighted by Crippen LogP contribution is 2.25. The van der Waals surface area contributed by atoms with Crippen LogP contribution in [0.3, 0.4) is 0 Å². The molecule has 0 fully saturated rings. The fourth-order valence-corrected chi connectivity index (χ4v) is 2.74. The van der Waals surface area contributed by atoms with E-state index in [9.17, 15) is 4.79 Å². The Morgan fingerprint density at radius 2 is 2.11 bits per heavy atom. The van der Waals surface area contributed by atoms with Gasteiger partial charge in [-0.2, -0.15) is 0 Å². The van der Waals surface area contributed by atoms with Crippen LogP contribution in [0.5, 0.6) is 0 Å². The molecule has 0 unspecified atom stereocenters. The summed E-state index contributed by atoms with van der Waals surface area (Å²) in [6.45, 7) is 1.92. The molecular weight excluding hydrogens is 301 g/mol. The maximum Gasteiger partial charge on any atom is 0.225 e. The Kier molecular flexibility index (Phi) is 4.86. The van der Waals surface area contributed by atoms with E-state index < -0.39 is 0 Å². The molecule has 0 aliphatic heterocycles. The lowest BCUT2D eigenvalue weighted by atomic mass is 10.1. The van der Waals surface area contributed by atoms with Gasteiger partial charge in [-0.3, -0.25) is 4.79 Å². The van der Waals surface area contributed by atoms with Gasteiger partial charge < -0.3 is 5.32 Å². The van der Waals surface area contributed by atoms with E-state index in [1.807, 2.05) is 30.5 Å². The molecule has 1 aromatic carbocycles. The van der Waals surface area contributed by atoms with Crippen LogP contribution in [0.25, 0.3) is 0 Å². The molecule has 0 aliphatic carbocycles. The van der Waals surface area contributed by atoms with Crippen molar-refractivity contribution in [3.05, 3.63) is 56.2 Å². The second kappa shape index (κ2) is 6.42. The zero-order valence-corrected chi connectivity index (χ0v) is 12.6. The van der Waals surface area contributed by atoms with Crippen molar-refractivity contribution in [2.75, 3.05) is 0 Å². The zero-order valence-electron chi connectivity index (χ0n) is 10.3. The van der Waals surface area contributed by atoms with Crippen LogP contribution in [0.4, 0.5) is 0 Å². The molecular formula is C14H13Cl2NOS. The molecule has 5 heteroatoms. The summed E-state index contributed by atoms with van der Waals surface area (Å²) >= 11 is 13.4. The molecule has 0 radical (unpaired) electrons. The van der Waals surface area contributed by atoms with E-state index >= 15 is 0 Å². The molecule has 1 N–H and O–H groups in total. The van der Waals surface area contributed by atoms with Gasteiger partial charge in [-0.25, -0.2) is 0 Å². The van der Waals surface area contributed by atoms with Gasteiger partial charge >= 0.3 is 0 Å². The number of nitrogens with one attached hydrogen (secondary N) is 1. The van der Waals surface area contributed by atoms with Crippen molar-refractivity contribution in [1.29, 1.82) is 0 Å². The van der Waals surface area contributed by atoms with Crippen LogP contribution < -0.4 is 5.32 Å². The Labute approximate surface area is 126 Å². The molecule has 1 atom stereocenters. The van der Waals surface area contributed by atoms with E-state index in [0.29, 0.717) is 16.5 Å². The first-order valence-electron chi connectivity index (χ1n) is 5.83. The van der Waals surface area contributed by atoms with Crippen molar-refractivity contribution in [2.24, 2.45) is 0 Å². The van der Waals surface area contributed by atoms with E-state index in [1.54, 1.807) is 23.5 Å². The third-order valence-corrected chi connectivity index (χ3v) is 4.35. The fourth-order valence-electron chi connectivity index (χ4n) is 1.73. The highest BCUT2D eigenvalue weighted by Gasteiger charge is 2.11. The summed E-state index contributed by atoms with van der Waals surface area (Å²) in [5.74, 6) is 0.000947. The number of benzene rings is 1. The molecule has 0 aliphatic rings. The minimum atomic E-state index is -0.0952. The lowest BCUT2D eigenvalue weighted by Gasteiger charge is -2.14. The highest BCUT2D eigenvalue weighted by atomic mass is 35.5. The van der Waals surface area contributed by atoms with Gasteiger partial charge in [0.1, 0.15) is 0 Å². The van der Waals surface area contributed by atoms with Crippen LogP contribution in [0, 0.1) is 0 Å². The summed E-state index contributed by atoms with van der Waals surface area (Å²) < 4.78 is 0. The molecule has 0 bridgehead atoms. The average Bonchev–Trinajstić information content (AvgIpc) is 2.85. The lowest BCUT2D eigenvalue weighted by molar-refractivity contribution is -0.121. The van der Waals surface area contributed by atoms with Gasteiger partial charge in [-0.1, -0.05) is 35.3 Å². The number of thiophene rings is 1. The first kappa shape index (κ1) is 14.4. The molecule has 0 spiro atoms. The third-order valence-electron chi connectivity index (χ3n) is 2.74. The molecule has 0 saturated heterocycles. The predicted molar refractivity (Wildman–Crippen MR) is 81.0 cm³/mol. The Balaban J connectivity index is 1.98. The first-order valence-corrected chi connectivity index (χ1v) is 7.46. The fraction of sp³-hybridized carbons (Fsp3) is 0.214. The van der Waals surface area contributed by atoms with E-state index in [-0.39, 0.29) is 11.9 Å². The minimum Gasteiger partial charge on any atom is -0.349 e. The molecule has 19 heavy (non-hydrogen) atoms. The van der Waals surface area contributed by atoms with Crippen LogP contribution in [0.1, 0.15) is 23.4 Å². The average molecular weight is 314 g/mol. The van der Waals surface area contributed by atoms with E-state index in [1.165, 1.54) is 0 Å². The molecule has 100 valence electrons. The molecule has 1 heterocycles. The number of hydrogen-bond acceptors (Lipinski definition) is 2. The van der Waals surface area contributed by atoms with E-state index in [2.05, 4.69) is 5.32 Å². The maximum absolute atomic E-state index is 11.9. The molecule has 1 amide bonds. The molecule has 2 aromatic rings. The van der Waals surface area contributed by atoms with Gasteiger partial charge in [-0.15, -0.1) is 11.3 Å². The van der Waals surface area contributed by atoms with Gasteiger partial charge in [0.05, 0.1) is 22.5 Å². The normalized spacial score (nSPS) is 12.2. The quantitative estimate of drug-likeness (QED) is 0.886. The number of carbonyl (C=O) groups is 1. The summed E-state index contributed by atoms with van der Waals surface area (Å²) in [7, 11) is 0. The van der Waals surface area contributed by atoms with Gasteiger partial charge in [0.2, 0.25) is 5.91 Å². The van der Waals surface area contributed by atoms with Gasteiger partial charge in [0.15, 0.2) is 0 Å². The topological polar surface area (TPSA) is 29.1 Å². The molecule has 1 aromatic heterocycles. The van der Waals surface area contributed by atoms with Crippen LogP contribution in [0.2, 0.25) is 10.0 Å². The third kappa shape index (κ3) is 3.96. The van der Waals surface area contributed by atoms with Crippen molar-refractivity contribution >= 4 is 40.4 Å². The van der Waals surface area contributed by atoms with Crippen molar-refractivity contribution in [3.8, 4) is 0 Å². The van der Waals surface area contributed by atoms with Crippen molar-refractivity contribution < 1.29 is 4.79 Å². The SMILES string of the molecule is C[C@H](NC(=O)Cc1cccs1)c1ccc(Cl)c(Cl)c1. The summed E-state index contributed by atoms with van der Waals surface area (Å²) in [6.07, 6.45) is 0.406. The van der Waals surface area contributed by atoms with Crippen LogP contribution in [-0.2, 0) is 11.2 Å². The standard InChI is InChI=1S/C14H13Cl2NOS/c1-9(10-4-5-12(15)13(16)7-10)17-14(18)8-11-3-2-6-19-11/h2-7,9H,8H2,1H3,(H,17,18)/t9-/m0/s1. The van der Waals surface area contributed by atoms with Crippen molar-refractivity contribution in [3.63, 3.8) is 0 Å². The smallest absolute Gasteiger partial charge is 0.225 e. The van der Waals surface area contributed by atoms with Crippen LogP contribution in [-0.4, -0.2) is 5.91 Å². The maximum atomic E-state index is 11.9. The van der Waals surface area contributed by atoms with Crippen molar-refractivity contribution in [2.45, 2.75) is 19.4 Å². The lowest BCUT2D eigenvalue weighted by Crippen LogP contribution is -2.27. The number of amides is 1. The molecule has 2 rings (SSSR count). The summed E-state index contributed by atoms with van der Waals surface area (Å²) in [5, 5.41) is 5.93. The minimum absolute atomic E-state index is 0.000947. The summed E-state index contributed by atoms with van der Waals surface area (Å²) in [5.41, 5.74) is 0.939. The predicted octanol–water partition coefficient (Wildman–Crippen LogP) is 4.47. The molecule has 0 saturated carbocycles. The van der Waals surface area contributed by atoms with E-state index in [4.69, 9.17) is 23.2 Å². The number of halogens is 2. The van der Waals surface area contributed by atoms with Gasteiger partial charge in [-0.05, 0) is 36.1 Å². The highest BCUT2D eigenvalue weighted by molar-refractivity contribution is 7.10. The first-order chi connectivity index (χ1) is 9.06. The Morgan fingerprint density at radius 3 is 2.74 bits per heavy atom. The zero-order chi connectivity index (χ0) is 13.8. The number of carbonyl (C=O) groups excluding carboxylic acids is 1. The second-order valence-corrected chi connectivity index (χ2v) is 6.07. The Morgan fingerprint density at radius 1 is 1.32 bits per heavy atom. The number of rotatable bonds is 4. The summed E-state index contributed by atoms with van der Waals surface area (Å²) in [4.78, 5) is 12.9. The van der Waals surface area contributed by atoms with Crippen LogP contribution >= 0.6 is 34.5 Å². The van der Waals surface area contributed by atoms with Crippen molar-refractivity contribution in [1.82, 2.24) is 5.32 Å². The molecule has 2 nitrogen and oxygen atoms in total. The number of hydrogen-bond donors (Lipinski definition) is 1. The summed E-state index contributed by atoms with van der Waals surface area (Å²) in [6, 6.07) is 9.18. The second-order valence-electron chi connectivity index (χ2n) is 4.22.